The normalized spacial score (nSPS) is 15.5. The van der Waals surface area contributed by atoms with E-state index in [4.69, 9.17) is 15.0 Å². The third-order valence-corrected chi connectivity index (χ3v) is 1.37. The number of hydrogen-bond acceptors (Lipinski definition) is 3. The molecule has 88 valence electrons. The Labute approximate surface area is 82.3 Å². The van der Waals surface area contributed by atoms with Crippen molar-refractivity contribution in [3.05, 3.63) is 0 Å². The van der Waals surface area contributed by atoms with E-state index in [9.17, 15) is 18.0 Å². The molecule has 0 aliphatic carbocycles. The smallest absolute Gasteiger partial charge is 0.475 e. The van der Waals surface area contributed by atoms with E-state index in [1.54, 1.807) is 0 Å². The predicted octanol–water partition coefficient (Wildman–Crippen LogP) is 0.160. The van der Waals surface area contributed by atoms with Crippen molar-refractivity contribution < 1.29 is 33.0 Å². The largest absolute Gasteiger partial charge is 0.490 e. The van der Waals surface area contributed by atoms with Crippen LogP contribution in [-0.4, -0.2) is 53.1 Å². The Morgan fingerprint density at radius 3 is 1.87 bits per heavy atom. The molecule has 0 spiro atoms. The Hall–Kier alpha value is -1.51. The van der Waals surface area contributed by atoms with Crippen LogP contribution in [0.2, 0.25) is 0 Å². The summed E-state index contributed by atoms with van der Waals surface area (Å²) in [5.41, 5.74) is 0. The molecule has 0 radical (unpaired) electrons. The van der Waals surface area contributed by atoms with Gasteiger partial charge in [-0.25, -0.2) is 9.59 Å². The highest BCUT2D eigenvalue weighted by Crippen LogP contribution is 2.13. The summed E-state index contributed by atoms with van der Waals surface area (Å²) < 4.78 is 31.7. The lowest BCUT2D eigenvalue weighted by atomic mass is 10.6. The molecule has 15 heavy (non-hydrogen) atoms. The van der Waals surface area contributed by atoms with Crippen molar-refractivity contribution in [1.82, 2.24) is 10.2 Å². The average molecular weight is 230 g/mol. The lowest BCUT2D eigenvalue weighted by Crippen LogP contribution is -2.27. The van der Waals surface area contributed by atoms with Crippen LogP contribution in [0.25, 0.3) is 0 Å². The monoisotopic (exact) mass is 230 g/mol. The molecule has 1 aliphatic rings. The molecular formula is C6H9F3N2O4. The van der Waals surface area contributed by atoms with Crippen LogP contribution in [-0.2, 0) is 4.79 Å². The van der Waals surface area contributed by atoms with Gasteiger partial charge in [0.25, 0.3) is 0 Å². The molecule has 0 unspecified atom stereocenters. The van der Waals surface area contributed by atoms with Crippen molar-refractivity contribution in [3.63, 3.8) is 0 Å². The molecule has 0 saturated carbocycles. The van der Waals surface area contributed by atoms with E-state index in [0.717, 1.165) is 6.54 Å². The van der Waals surface area contributed by atoms with Crippen LogP contribution in [0.3, 0.4) is 0 Å². The predicted molar refractivity (Wildman–Crippen MR) is 41.3 cm³/mol. The molecule has 1 heterocycles. The number of nitrogens with zero attached hydrogens (tertiary/aromatic N) is 1. The number of nitrogens with one attached hydrogen (secondary N) is 1. The second kappa shape index (κ2) is 5.39. The Morgan fingerprint density at radius 1 is 1.27 bits per heavy atom. The van der Waals surface area contributed by atoms with Crippen LogP contribution in [0, 0.1) is 0 Å². The number of aliphatic carboxylic acids is 1. The summed E-state index contributed by atoms with van der Waals surface area (Å²) in [6.45, 7) is 1.89. The van der Waals surface area contributed by atoms with Crippen LogP contribution in [0.15, 0.2) is 0 Å². The first-order chi connectivity index (χ1) is 6.75. The van der Waals surface area contributed by atoms with E-state index in [-0.39, 0.29) is 0 Å². The van der Waals surface area contributed by atoms with Gasteiger partial charge in [0.05, 0.1) is 6.67 Å². The van der Waals surface area contributed by atoms with Crippen LogP contribution in [0.4, 0.5) is 18.0 Å². The summed E-state index contributed by atoms with van der Waals surface area (Å²) in [5, 5.41) is 18.3. The highest BCUT2D eigenvalue weighted by Gasteiger charge is 2.38. The molecule has 0 atom stereocenters. The fraction of sp³-hybridized carbons (Fsp3) is 0.667. The van der Waals surface area contributed by atoms with Gasteiger partial charge < -0.3 is 10.2 Å². The minimum Gasteiger partial charge on any atom is -0.475 e. The zero-order valence-electron chi connectivity index (χ0n) is 7.41. The van der Waals surface area contributed by atoms with Crippen molar-refractivity contribution in [2.45, 2.75) is 6.18 Å². The summed E-state index contributed by atoms with van der Waals surface area (Å²) >= 11 is 0. The highest BCUT2D eigenvalue weighted by atomic mass is 19.4. The number of carbonyl (C=O) groups is 2. The number of carboxylic acid groups (broad SMARTS) is 2. The Kier molecular flexibility index (Phi) is 4.85. The third-order valence-electron chi connectivity index (χ3n) is 1.37. The minimum atomic E-state index is -5.08. The Morgan fingerprint density at radius 2 is 1.73 bits per heavy atom. The van der Waals surface area contributed by atoms with Gasteiger partial charge in [0.2, 0.25) is 0 Å². The molecule has 1 fully saturated rings. The molecule has 0 aromatic rings. The van der Waals surface area contributed by atoms with E-state index in [2.05, 4.69) is 5.32 Å². The standard InChI is InChI=1S/C4H8N2O2.C2HF3O2/c7-4(8)6-2-1-5-3-6;3-2(4,5)1(6)7/h5H,1-3H2,(H,7,8);(H,6,7). The van der Waals surface area contributed by atoms with E-state index >= 15 is 0 Å². The number of alkyl halides is 3. The fourth-order valence-corrected chi connectivity index (χ4v) is 0.670. The first-order valence-electron chi connectivity index (χ1n) is 3.74. The maximum absolute atomic E-state index is 10.6. The molecule has 1 aliphatic heterocycles. The maximum Gasteiger partial charge on any atom is 0.490 e. The third kappa shape index (κ3) is 5.73. The highest BCUT2D eigenvalue weighted by molar-refractivity contribution is 5.73. The number of rotatable bonds is 0. The van der Waals surface area contributed by atoms with Gasteiger partial charge in [-0.2, -0.15) is 13.2 Å². The van der Waals surface area contributed by atoms with Gasteiger partial charge in [0.1, 0.15) is 0 Å². The number of carboxylic acids is 1. The molecule has 0 bridgehead atoms. The van der Waals surface area contributed by atoms with E-state index in [1.165, 1.54) is 4.90 Å². The Bertz CT molecular complexity index is 237. The second-order valence-corrected chi connectivity index (χ2v) is 2.51. The van der Waals surface area contributed by atoms with E-state index in [0.29, 0.717) is 13.2 Å². The first-order valence-corrected chi connectivity index (χ1v) is 3.74. The van der Waals surface area contributed by atoms with Gasteiger partial charge in [0, 0.05) is 13.1 Å². The van der Waals surface area contributed by atoms with Crippen LogP contribution >= 0.6 is 0 Å². The summed E-state index contributed by atoms with van der Waals surface area (Å²) in [5.74, 6) is -2.76. The van der Waals surface area contributed by atoms with Gasteiger partial charge in [-0.3, -0.25) is 10.2 Å². The average Bonchev–Trinajstić information content (AvgIpc) is 2.54. The molecule has 1 saturated heterocycles. The van der Waals surface area contributed by atoms with E-state index in [1.807, 2.05) is 0 Å². The summed E-state index contributed by atoms with van der Waals surface area (Å²) in [7, 11) is 0. The van der Waals surface area contributed by atoms with Gasteiger partial charge in [-0.15, -0.1) is 0 Å². The van der Waals surface area contributed by atoms with Gasteiger partial charge in [-0.05, 0) is 0 Å². The summed E-state index contributed by atoms with van der Waals surface area (Å²) in [6.07, 6.45) is -5.92. The molecule has 1 amide bonds. The van der Waals surface area contributed by atoms with Crippen LogP contribution in [0.5, 0.6) is 0 Å². The van der Waals surface area contributed by atoms with Crippen molar-refractivity contribution in [3.8, 4) is 0 Å². The number of halogens is 3. The van der Waals surface area contributed by atoms with E-state index < -0.39 is 18.2 Å². The van der Waals surface area contributed by atoms with Crippen molar-refractivity contribution >= 4 is 12.1 Å². The van der Waals surface area contributed by atoms with Gasteiger partial charge in [0.15, 0.2) is 0 Å². The lowest BCUT2D eigenvalue weighted by Gasteiger charge is -2.06. The van der Waals surface area contributed by atoms with Crippen LogP contribution < -0.4 is 5.32 Å². The molecular weight excluding hydrogens is 221 g/mol. The van der Waals surface area contributed by atoms with Crippen LogP contribution in [0.1, 0.15) is 0 Å². The summed E-state index contributed by atoms with van der Waals surface area (Å²) in [4.78, 5) is 20.3. The second-order valence-electron chi connectivity index (χ2n) is 2.51. The van der Waals surface area contributed by atoms with Crippen molar-refractivity contribution in [2.75, 3.05) is 19.8 Å². The van der Waals surface area contributed by atoms with Crippen molar-refractivity contribution in [2.24, 2.45) is 0 Å². The van der Waals surface area contributed by atoms with Gasteiger partial charge >= 0.3 is 18.2 Å². The Balaban J connectivity index is 0.000000265. The molecule has 1 rings (SSSR count). The zero-order chi connectivity index (χ0) is 12.1. The fourth-order valence-electron chi connectivity index (χ4n) is 0.670. The number of amides is 1. The minimum absolute atomic E-state index is 0.481. The topological polar surface area (TPSA) is 89.9 Å². The quantitative estimate of drug-likeness (QED) is 0.551. The zero-order valence-corrected chi connectivity index (χ0v) is 7.41. The summed E-state index contributed by atoms with van der Waals surface area (Å²) in [6, 6.07) is 0. The molecule has 0 aromatic heterocycles. The number of hydrogen-bond donors (Lipinski definition) is 3. The lowest BCUT2D eigenvalue weighted by molar-refractivity contribution is -0.192. The molecule has 0 aromatic carbocycles. The molecule has 6 nitrogen and oxygen atoms in total. The van der Waals surface area contributed by atoms with Gasteiger partial charge in [-0.1, -0.05) is 0 Å². The first kappa shape index (κ1) is 13.5. The SMILES string of the molecule is O=C(O)C(F)(F)F.O=C(O)N1CCNC1. The molecule has 3 N–H and O–H groups in total. The maximum atomic E-state index is 10.6. The van der Waals surface area contributed by atoms with Crippen molar-refractivity contribution in [1.29, 1.82) is 0 Å². The molecule has 9 heteroatoms.